The highest BCUT2D eigenvalue weighted by molar-refractivity contribution is 7.99. The highest BCUT2D eigenvalue weighted by atomic mass is 32.2. The molecule has 2 amide bonds. The summed E-state index contributed by atoms with van der Waals surface area (Å²) in [6, 6.07) is 5.36. The Bertz CT molecular complexity index is 641. The third-order valence-electron chi connectivity index (χ3n) is 2.96. The molecule has 2 N–H and O–H groups in total. The summed E-state index contributed by atoms with van der Waals surface area (Å²) in [5, 5.41) is 5.34. The van der Waals surface area contributed by atoms with Crippen molar-refractivity contribution in [3.05, 3.63) is 24.3 Å². The number of amides is 2. The number of hydrogen-bond acceptors (Lipinski definition) is 5. The minimum Gasteiger partial charge on any atom is -0.343 e. The third kappa shape index (κ3) is 4.47. The van der Waals surface area contributed by atoms with Gasteiger partial charge < -0.3 is 10.6 Å². The van der Waals surface area contributed by atoms with Crippen molar-refractivity contribution in [3.63, 3.8) is 0 Å². The molecule has 1 saturated heterocycles. The van der Waals surface area contributed by atoms with E-state index in [4.69, 9.17) is 0 Å². The van der Waals surface area contributed by atoms with Crippen LogP contribution in [-0.4, -0.2) is 44.0 Å². The molecule has 0 aromatic heterocycles. The van der Waals surface area contributed by atoms with Gasteiger partial charge in [-0.05, 0) is 24.3 Å². The van der Waals surface area contributed by atoms with Gasteiger partial charge in [-0.3, -0.25) is 9.59 Å². The SMILES string of the molecule is CS(=O)(=O)c1ccc(NC(=O)C2CSCCC(=O)N2)cc1. The van der Waals surface area contributed by atoms with Gasteiger partial charge in [0.15, 0.2) is 9.84 Å². The van der Waals surface area contributed by atoms with Crippen molar-refractivity contribution in [1.82, 2.24) is 5.32 Å². The number of carbonyl (C=O) groups excluding carboxylic acids is 2. The van der Waals surface area contributed by atoms with Gasteiger partial charge in [0, 0.05) is 29.9 Å². The van der Waals surface area contributed by atoms with Crippen molar-refractivity contribution >= 4 is 39.1 Å². The molecule has 2 rings (SSSR count). The minimum absolute atomic E-state index is 0.132. The quantitative estimate of drug-likeness (QED) is 0.850. The number of anilines is 1. The van der Waals surface area contributed by atoms with Crippen LogP contribution < -0.4 is 10.6 Å². The molecule has 1 atom stereocenters. The lowest BCUT2D eigenvalue weighted by atomic mass is 10.2. The number of hydrogen-bond donors (Lipinski definition) is 2. The highest BCUT2D eigenvalue weighted by Crippen LogP contribution is 2.15. The summed E-state index contributed by atoms with van der Waals surface area (Å²) in [6.45, 7) is 0. The zero-order valence-electron chi connectivity index (χ0n) is 11.5. The van der Waals surface area contributed by atoms with Crippen molar-refractivity contribution < 1.29 is 18.0 Å². The van der Waals surface area contributed by atoms with E-state index in [9.17, 15) is 18.0 Å². The Hall–Kier alpha value is -1.54. The Balaban J connectivity index is 2.03. The molecule has 1 fully saturated rings. The van der Waals surface area contributed by atoms with Crippen LogP contribution in [0, 0.1) is 0 Å². The molecular formula is C13H16N2O4S2. The predicted octanol–water partition coefficient (Wildman–Crippen LogP) is 0.650. The molecule has 6 nitrogen and oxygen atoms in total. The molecule has 0 radical (unpaired) electrons. The lowest BCUT2D eigenvalue weighted by Crippen LogP contribution is -2.44. The van der Waals surface area contributed by atoms with E-state index in [2.05, 4.69) is 10.6 Å². The van der Waals surface area contributed by atoms with Gasteiger partial charge >= 0.3 is 0 Å². The van der Waals surface area contributed by atoms with Crippen LogP contribution in [0.15, 0.2) is 29.2 Å². The Morgan fingerprint density at radius 2 is 2.00 bits per heavy atom. The summed E-state index contributed by atoms with van der Waals surface area (Å²) in [5.74, 6) is 0.801. The summed E-state index contributed by atoms with van der Waals surface area (Å²) >= 11 is 1.55. The molecule has 1 aliphatic rings. The van der Waals surface area contributed by atoms with Crippen molar-refractivity contribution in [2.75, 3.05) is 23.1 Å². The van der Waals surface area contributed by atoms with E-state index in [-0.39, 0.29) is 16.7 Å². The molecule has 114 valence electrons. The first kappa shape index (κ1) is 15.8. The first-order chi connectivity index (χ1) is 9.86. The number of nitrogens with one attached hydrogen (secondary N) is 2. The molecular weight excluding hydrogens is 312 g/mol. The smallest absolute Gasteiger partial charge is 0.247 e. The Labute approximate surface area is 127 Å². The zero-order chi connectivity index (χ0) is 15.5. The van der Waals surface area contributed by atoms with Crippen LogP contribution >= 0.6 is 11.8 Å². The molecule has 1 aliphatic heterocycles. The predicted molar refractivity (Wildman–Crippen MR) is 82.1 cm³/mol. The summed E-state index contributed by atoms with van der Waals surface area (Å²) in [5.41, 5.74) is 0.496. The van der Waals surface area contributed by atoms with Gasteiger partial charge in [0.25, 0.3) is 0 Å². The first-order valence-corrected chi connectivity index (χ1v) is 9.39. The van der Waals surface area contributed by atoms with Gasteiger partial charge in [0.05, 0.1) is 4.90 Å². The molecule has 21 heavy (non-hydrogen) atoms. The van der Waals surface area contributed by atoms with Crippen LogP contribution in [0.5, 0.6) is 0 Å². The van der Waals surface area contributed by atoms with E-state index in [1.165, 1.54) is 24.3 Å². The first-order valence-electron chi connectivity index (χ1n) is 6.34. The summed E-state index contributed by atoms with van der Waals surface area (Å²) in [6.07, 6.45) is 1.54. The maximum atomic E-state index is 12.1. The van der Waals surface area contributed by atoms with Crippen LogP contribution in [0.1, 0.15) is 6.42 Å². The topological polar surface area (TPSA) is 92.3 Å². The second-order valence-electron chi connectivity index (χ2n) is 4.73. The molecule has 1 heterocycles. The fourth-order valence-electron chi connectivity index (χ4n) is 1.83. The lowest BCUT2D eigenvalue weighted by molar-refractivity contribution is -0.125. The number of thioether (sulfide) groups is 1. The van der Waals surface area contributed by atoms with E-state index in [0.717, 1.165) is 6.26 Å². The Kier molecular flexibility index (Phi) is 4.89. The molecule has 1 aromatic rings. The lowest BCUT2D eigenvalue weighted by Gasteiger charge is -2.15. The van der Waals surface area contributed by atoms with Crippen molar-refractivity contribution in [2.24, 2.45) is 0 Å². The summed E-state index contributed by atoms with van der Waals surface area (Å²) < 4.78 is 22.7. The average molecular weight is 328 g/mol. The van der Waals surface area contributed by atoms with E-state index in [0.29, 0.717) is 23.6 Å². The average Bonchev–Trinajstić information content (AvgIpc) is 2.63. The Morgan fingerprint density at radius 1 is 1.33 bits per heavy atom. The van der Waals surface area contributed by atoms with E-state index in [1.807, 2.05) is 0 Å². The zero-order valence-corrected chi connectivity index (χ0v) is 13.1. The maximum absolute atomic E-state index is 12.1. The molecule has 0 spiro atoms. The largest absolute Gasteiger partial charge is 0.343 e. The molecule has 1 aromatic carbocycles. The number of sulfone groups is 1. The van der Waals surface area contributed by atoms with Crippen LogP contribution in [-0.2, 0) is 19.4 Å². The van der Waals surface area contributed by atoms with Gasteiger partial charge in [-0.2, -0.15) is 11.8 Å². The fraction of sp³-hybridized carbons (Fsp3) is 0.385. The fourth-order valence-corrected chi connectivity index (χ4v) is 3.43. The van der Waals surface area contributed by atoms with Crippen LogP contribution in [0.3, 0.4) is 0 Å². The standard InChI is InChI=1S/C13H16N2O4S2/c1-21(18,19)10-4-2-9(3-5-10)14-13(17)11-8-20-7-6-12(16)15-11/h2-5,11H,6-8H2,1H3,(H,14,17)(H,15,16). The summed E-state index contributed by atoms with van der Waals surface area (Å²) in [4.78, 5) is 23.7. The second kappa shape index (κ2) is 6.48. The molecule has 0 aliphatic carbocycles. The van der Waals surface area contributed by atoms with Gasteiger partial charge in [-0.1, -0.05) is 0 Å². The van der Waals surface area contributed by atoms with E-state index < -0.39 is 15.9 Å². The monoisotopic (exact) mass is 328 g/mol. The van der Waals surface area contributed by atoms with Crippen LogP contribution in [0.25, 0.3) is 0 Å². The normalized spacial score (nSPS) is 19.5. The van der Waals surface area contributed by atoms with Crippen LogP contribution in [0.4, 0.5) is 5.69 Å². The molecule has 8 heteroatoms. The highest BCUT2D eigenvalue weighted by Gasteiger charge is 2.23. The van der Waals surface area contributed by atoms with Crippen molar-refractivity contribution in [1.29, 1.82) is 0 Å². The molecule has 0 bridgehead atoms. The van der Waals surface area contributed by atoms with Crippen LogP contribution in [0.2, 0.25) is 0 Å². The number of benzene rings is 1. The maximum Gasteiger partial charge on any atom is 0.247 e. The Morgan fingerprint density at radius 3 is 2.62 bits per heavy atom. The number of rotatable bonds is 3. The second-order valence-corrected chi connectivity index (χ2v) is 7.90. The summed E-state index contributed by atoms with van der Waals surface area (Å²) in [7, 11) is -3.25. The number of carbonyl (C=O) groups is 2. The van der Waals surface area contributed by atoms with Gasteiger partial charge in [0.2, 0.25) is 11.8 Å². The molecule has 1 unspecified atom stereocenters. The van der Waals surface area contributed by atoms with Crippen molar-refractivity contribution in [2.45, 2.75) is 17.4 Å². The van der Waals surface area contributed by atoms with Gasteiger partial charge in [0.1, 0.15) is 6.04 Å². The van der Waals surface area contributed by atoms with E-state index in [1.54, 1.807) is 11.8 Å². The van der Waals surface area contributed by atoms with Gasteiger partial charge in [-0.25, -0.2) is 8.42 Å². The van der Waals surface area contributed by atoms with Crippen molar-refractivity contribution in [3.8, 4) is 0 Å². The third-order valence-corrected chi connectivity index (χ3v) is 5.15. The van der Waals surface area contributed by atoms with Gasteiger partial charge in [-0.15, -0.1) is 0 Å². The molecule has 0 saturated carbocycles. The minimum atomic E-state index is -3.25. The van der Waals surface area contributed by atoms with E-state index >= 15 is 0 Å².